The maximum absolute atomic E-state index is 12.3. The number of nitrogens with one attached hydrogen (secondary N) is 2. The Morgan fingerprint density at radius 3 is 1.87 bits per heavy atom. The number of hydrogen-bond acceptors (Lipinski definition) is 10. The van der Waals surface area contributed by atoms with Crippen LogP contribution in [0.3, 0.4) is 0 Å². The first-order valence-electron chi connectivity index (χ1n) is 15.4. The number of Topliss-reactive ketones (excluding diaryl/α,β-unsaturated/α-hetero) is 2. The highest BCUT2D eigenvalue weighted by Crippen LogP contribution is 2.14. The second-order valence-electron chi connectivity index (χ2n) is 10.6. The van der Waals surface area contributed by atoms with Crippen molar-refractivity contribution >= 4 is 41.3 Å². The fourth-order valence-electron chi connectivity index (χ4n) is 4.09. The van der Waals surface area contributed by atoms with E-state index >= 15 is 0 Å². The highest BCUT2D eigenvalue weighted by atomic mass is 16.5. The second kappa shape index (κ2) is 25.9. The van der Waals surface area contributed by atoms with Crippen LogP contribution in [-0.4, -0.2) is 109 Å². The van der Waals surface area contributed by atoms with E-state index in [9.17, 15) is 43.8 Å². The molecule has 0 aliphatic rings. The van der Waals surface area contributed by atoms with Crippen LogP contribution >= 0.6 is 0 Å². The maximum atomic E-state index is 12.3. The number of carboxylic acid groups (broad SMARTS) is 3. The van der Waals surface area contributed by atoms with Crippen molar-refractivity contribution in [1.82, 2.24) is 10.6 Å². The van der Waals surface area contributed by atoms with Crippen molar-refractivity contribution in [2.45, 2.75) is 90.5 Å². The SMILES string of the molecule is CCCOCCCC(=O)CC[C@H](NC(=O)CC[C@H](CC(=O)COCCOCCNC(=O)CC[C@H](CC)C(=O)O)C(=O)O)C(=O)O. The molecular formula is C30H50N2O13. The highest BCUT2D eigenvalue weighted by Gasteiger charge is 2.25. The molecule has 0 bridgehead atoms. The molecule has 0 aliphatic carbocycles. The third-order valence-corrected chi connectivity index (χ3v) is 6.75. The van der Waals surface area contributed by atoms with Crippen molar-refractivity contribution in [3.8, 4) is 0 Å². The van der Waals surface area contributed by atoms with E-state index in [1.165, 1.54) is 0 Å². The summed E-state index contributed by atoms with van der Waals surface area (Å²) in [6.07, 6.45) is 1.41. The fourth-order valence-corrected chi connectivity index (χ4v) is 4.09. The lowest BCUT2D eigenvalue weighted by Crippen LogP contribution is -2.41. The van der Waals surface area contributed by atoms with Gasteiger partial charge in [-0.25, -0.2) is 4.79 Å². The van der Waals surface area contributed by atoms with Crippen LogP contribution in [0.25, 0.3) is 0 Å². The lowest BCUT2D eigenvalue weighted by molar-refractivity contribution is -0.145. The molecule has 0 spiro atoms. The van der Waals surface area contributed by atoms with Gasteiger partial charge >= 0.3 is 17.9 Å². The van der Waals surface area contributed by atoms with Crippen molar-refractivity contribution in [3.05, 3.63) is 0 Å². The predicted molar refractivity (Wildman–Crippen MR) is 159 cm³/mol. The average molecular weight is 647 g/mol. The van der Waals surface area contributed by atoms with Gasteiger partial charge in [-0.1, -0.05) is 13.8 Å². The van der Waals surface area contributed by atoms with Gasteiger partial charge < -0.3 is 40.2 Å². The molecule has 3 atom stereocenters. The number of rotatable bonds is 30. The van der Waals surface area contributed by atoms with Gasteiger partial charge in [-0.05, 0) is 38.5 Å². The zero-order valence-electron chi connectivity index (χ0n) is 26.4. The first-order chi connectivity index (χ1) is 21.4. The summed E-state index contributed by atoms with van der Waals surface area (Å²) in [5, 5.41) is 32.8. The molecule has 0 unspecified atom stereocenters. The van der Waals surface area contributed by atoms with E-state index in [1.54, 1.807) is 6.92 Å². The number of aliphatic carboxylic acids is 3. The number of ketones is 2. The first-order valence-corrected chi connectivity index (χ1v) is 15.4. The summed E-state index contributed by atoms with van der Waals surface area (Å²) in [7, 11) is 0. The molecule has 0 saturated carbocycles. The molecule has 0 aliphatic heterocycles. The Balaban J connectivity index is 4.23. The Kier molecular flexibility index (Phi) is 23.9. The summed E-state index contributed by atoms with van der Waals surface area (Å²) in [6, 6.07) is -1.30. The normalized spacial score (nSPS) is 12.9. The van der Waals surface area contributed by atoms with Crippen LogP contribution in [0.2, 0.25) is 0 Å². The lowest BCUT2D eigenvalue weighted by Gasteiger charge is -2.16. The predicted octanol–water partition coefficient (Wildman–Crippen LogP) is 1.59. The van der Waals surface area contributed by atoms with Crippen LogP contribution in [0.5, 0.6) is 0 Å². The number of carbonyl (C=O) groups excluding carboxylic acids is 4. The third-order valence-electron chi connectivity index (χ3n) is 6.75. The molecule has 0 saturated heterocycles. The molecule has 0 aromatic heterocycles. The van der Waals surface area contributed by atoms with Crippen LogP contribution in [0, 0.1) is 11.8 Å². The minimum atomic E-state index is -1.31. The molecule has 0 fully saturated rings. The van der Waals surface area contributed by atoms with Crippen molar-refractivity contribution in [3.63, 3.8) is 0 Å². The summed E-state index contributed by atoms with van der Waals surface area (Å²) in [6.45, 7) is 4.95. The van der Waals surface area contributed by atoms with Crippen molar-refractivity contribution in [1.29, 1.82) is 0 Å². The van der Waals surface area contributed by atoms with E-state index in [1.807, 2.05) is 6.92 Å². The van der Waals surface area contributed by atoms with Gasteiger partial charge in [0.1, 0.15) is 18.4 Å². The molecule has 0 heterocycles. The zero-order chi connectivity index (χ0) is 34.0. The lowest BCUT2D eigenvalue weighted by atomic mass is 9.97. The first kappa shape index (κ1) is 41.6. The Labute approximate surface area is 263 Å². The Hall–Kier alpha value is -3.43. The third kappa shape index (κ3) is 22.7. The average Bonchev–Trinajstić information content (AvgIpc) is 2.98. The molecule has 0 radical (unpaired) electrons. The van der Waals surface area contributed by atoms with Crippen LogP contribution < -0.4 is 10.6 Å². The van der Waals surface area contributed by atoms with E-state index in [0.717, 1.165) is 6.42 Å². The van der Waals surface area contributed by atoms with Gasteiger partial charge in [0.15, 0.2) is 5.78 Å². The summed E-state index contributed by atoms with van der Waals surface area (Å²) in [4.78, 5) is 82.4. The van der Waals surface area contributed by atoms with E-state index in [0.29, 0.717) is 26.1 Å². The molecular weight excluding hydrogens is 596 g/mol. The summed E-state index contributed by atoms with van der Waals surface area (Å²) < 4.78 is 15.8. The van der Waals surface area contributed by atoms with Gasteiger partial charge in [0.2, 0.25) is 11.8 Å². The molecule has 0 aromatic rings. The minimum absolute atomic E-state index is 0.0332. The van der Waals surface area contributed by atoms with Gasteiger partial charge in [-0.15, -0.1) is 0 Å². The van der Waals surface area contributed by atoms with Crippen LogP contribution in [0.15, 0.2) is 0 Å². The number of carbonyl (C=O) groups is 7. The number of hydrogen-bond donors (Lipinski definition) is 5. The zero-order valence-corrected chi connectivity index (χ0v) is 26.4. The Morgan fingerprint density at radius 2 is 1.24 bits per heavy atom. The van der Waals surface area contributed by atoms with E-state index in [-0.39, 0.29) is 96.0 Å². The van der Waals surface area contributed by atoms with Gasteiger partial charge in [-0.3, -0.25) is 28.8 Å². The van der Waals surface area contributed by atoms with E-state index < -0.39 is 47.5 Å². The summed E-state index contributed by atoms with van der Waals surface area (Å²) in [5.74, 6) is -6.87. The molecule has 0 rings (SSSR count). The number of ether oxygens (including phenoxy) is 3. The van der Waals surface area contributed by atoms with Crippen molar-refractivity contribution in [2.75, 3.05) is 46.2 Å². The molecule has 15 nitrogen and oxygen atoms in total. The quantitative estimate of drug-likeness (QED) is 0.0699. The Bertz CT molecular complexity index is 941. The molecule has 2 amide bonds. The molecule has 258 valence electrons. The fraction of sp³-hybridized carbons (Fsp3) is 0.767. The van der Waals surface area contributed by atoms with Crippen molar-refractivity contribution < 1.29 is 63.1 Å². The Morgan fingerprint density at radius 1 is 0.622 bits per heavy atom. The van der Waals surface area contributed by atoms with Gasteiger partial charge in [0, 0.05) is 51.9 Å². The smallest absolute Gasteiger partial charge is 0.326 e. The monoisotopic (exact) mass is 646 g/mol. The largest absolute Gasteiger partial charge is 0.481 e. The molecule has 0 aromatic carbocycles. The summed E-state index contributed by atoms with van der Waals surface area (Å²) >= 11 is 0. The summed E-state index contributed by atoms with van der Waals surface area (Å²) in [5.41, 5.74) is 0. The minimum Gasteiger partial charge on any atom is -0.481 e. The number of amides is 2. The molecule has 45 heavy (non-hydrogen) atoms. The van der Waals surface area contributed by atoms with Crippen LogP contribution in [-0.2, 0) is 47.8 Å². The van der Waals surface area contributed by atoms with Crippen LogP contribution in [0.1, 0.15) is 84.5 Å². The second-order valence-corrected chi connectivity index (χ2v) is 10.6. The van der Waals surface area contributed by atoms with E-state index in [4.69, 9.17) is 19.3 Å². The van der Waals surface area contributed by atoms with Gasteiger partial charge in [0.05, 0.1) is 31.7 Å². The number of carboxylic acids is 3. The maximum Gasteiger partial charge on any atom is 0.326 e. The standard InChI is InChI=1S/C30H50N2O13/c1-3-14-43-15-5-6-23(33)9-10-25(30(41)42)32-27(36)12-8-22(29(39)40)19-24(34)20-45-18-17-44-16-13-31-26(35)11-7-21(4-2)28(37)38/h21-22,25H,3-20H2,1-2H3,(H,31,35)(H,32,36)(H,37,38)(H,39,40)(H,41,42)/t21-,22+,25-/m0/s1. The van der Waals surface area contributed by atoms with Crippen molar-refractivity contribution in [2.24, 2.45) is 11.8 Å². The van der Waals surface area contributed by atoms with Gasteiger partial charge in [0.25, 0.3) is 0 Å². The topological polar surface area (TPSA) is 232 Å². The van der Waals surface area contributed by atoms with Gasteiger partial charge in [-0.2, -0.15) is 0 Å². The van der Waals surface area contributed by atoms with Crippen LogP contribution in [0.4, 0.5) is 0 Å². The molecule has 15 heteroatoms. The van der Waals surface area contributed by atoms with E-state index in [2.05, 4.69) is 10.6 Å². The molecule has 5 N–H and O–H groups in total. The highest BCUT2D eigenvalue weighted by molar-refractivity contribution is 5.86.